The molecule has 0 unspecified atom stereocenters. The van der Waals surface area contributed by atoms with Crippen LogP contribution in [0, 0.1) is 12.1 Å². The maximum absolute atomic E-state index is 3.42. The molecule has 0 fully saturated rings. The Kier molecular flexibility index (Phi) is 2.65. The summed E-state index contributed by atoms with van der Waals surface area (Å²) in [6, 6.07) is 26.4. The Balaban J connectivity index is 1.70. The lowest BCUT2D eigenvalue weighted by atomic mass is 10.0. The van der Waals surface area contributed by atoms with Crippen molar-refractivity contribution < 1.29 is 0 Å². The highest BCUT2D eigenvalue weighted by molar-refractivity contribution is 7.25. The third-order valence-electron chi connectivity index (χ3n) is 4.79. The summed E-state index contributed by atoms with van der Waals surface area (Å²) in [6.07, 6.45) is 1.00. The van der Waals surface area contributed by atoms with Gasteiger partial charge in [-0.15, -0.1) is 11.3 Å². The summed E-state index contributed by atoms with van der Waals surface area (Å²) in [5, 5.41) is 2.49. The minimum absolute atomic E-state index is 1.00. The van der Waals surface area contributed by atoms with Crippen molar-refractivity contribution in [3.63, 3.8) is 0 Å². The smallest absolute Gasteiger partial charge is 0.0508 e. The highest BCUT2D eigenvalue weighted by atomic mass is 32.1. The summed E-state index contributed by atoms with van der Waals surface area (Å²) in [6.45, 7) is 2.23. The first kappa shape index (κ1) is 12.9. The molecule has 1 heteroatoms. The number of allylic oxidation sites excluding steroid dienone is 2. The van der Waals surface area contributed by atoms with Gasteiger partial charge >= 0.3 is 0 Å². The number of hydrogen-bond donors (Lipinski definition) is 0. The molecule has 0 saturated carbocycles. The van der Waals surface area contributed by atoms with Crippen LogP contribution in [0.4, 0.5) is 0 Å². The van der Waals surface area contributed by atoms with Crippen LogP contribution in [-0.4, -0.2) is 0 Å². The summed E-state index contributed by atoms with van der Waals surface area (Å²) in [4.78, 5) is 0. The summed E-state index contributed by atoms with van der Waals surface area (Å²) in [5.41, 5.74) is 6.77. The molecule has 4 aromatic rings. The molecular formula is C22H14S. The molecule has 1 heterocycles. The largest absolute Gasteiger partial charge is 0.134 e. The van der Waals surface area contributed by atoms with Gasteiger partial charge in [-0.1, -0.05) is 54.6 Å². The summed E-state index contributed by atoms with van der Waals surface area (Å²) in [5.74, 6) is 0. The van der Waals surface area contributed by atoms with Crippen LogP contribution < -0.4 is 0 Å². The first-order chi connectivity index (χ1) is 11.3. The first-order valence-electron chi connectivity index (χ1n) is 7.85. The van der Waals surface area contributed by atoms with Gasteiger partial charge in [-0.25, -0.2) is 0 Å². The number of rotatable bonds is 1. The van der Waals surface area contributed by atoms with Crippen molar-refractivity contribution in [1.82, 2.24) is 0 Å². The van der Waals surface area contributed by atoms with Crippen molar-refractivity contribution >= 4 is 42.7 Å². The van der Waals surface area contributed by atoms with Gasteiger partial charge in [-0.3, -0.25) is 0 Å². The second kappa shape index (κ2) is 4.72. The van der Waals surface area contributed by atoms with Crippen LogP contribution in [0.2, 0.25) is 0 Å². The van der Waals surface area contributed by atoms with E-state index in [0.29, 0.717) is 0 Å². The quantitative estimate of drug-likeness (QED) is 0.396. The molecule has 0 spiro atoms. The third-order valence-corrected chi connectivity index (χ3v) is 5.90. The lowest BCUT2D eigenvalue weighted by Gasteiger charge is -2.01. The fourth-order valence-corrected chi connectivity index (χ4v) is 4.68. The van der Waals surface area contributed by atoms with Crippen molar-refractivity contribution in [3.05, 3.63) is 83.4 Å². The SMILES string of the molecule is CC1=C(c2c#cc3c(c2)sc2ccccc23)Cc2ccccc21. The Morgan fingerprint density at radius 2 is 1.74 bits per heavy atom. The fourth-order valence-electron chi connectivity index (χ4n) is 3.58. The van der Waals surface area contributed by atoms with E-state index >= 15 is 0 Å². The van der Waals surface area contributed by atoms with Crippen molar-refractivity contribution in [2.24, 2.45) is 0 Å². The molecule has 108 valence electrons. The van der Waals surface area contributed by atoms with Crippen molar-refractivity contribution in [1.29, 1.82) is 0 Å². The van der Waals surface area contributed by atoms with Gasteiger partial charge in [0.1, 0.15) is 0 Å². The molecular weight excluding hydrogens is 296 g/mol. The third kappa shape index (κ3) is 1.86. The Morgan fingerprint density at radius 1 is 0.913 bits per heavy atom. The molecule has 5 rings (SSSR count). The predicted molar refractivity (Wildman–Crippen MR) is 99.6 cm³/mol. The molecule has 0 saturated heterocycles. The number of thiophene rings is 1. The number of fused-ring (bicyclic) bond motifs is 4. The highest BCUT2D eigenvalue weighted by Crippen LogP contribution is 2.39. The van der Waals surface area contributed by atoms with Gasteiger partial charge in [0.2, 0.25) is 0 Å². The second-order valence-electron chi connectivity index (χ2n) is 6.08. The van der Waals surface area contributed by atoms with Crippen LogP contribution in [0.1, 0.15) is 23.6 Å². The van der Waals surface area contributed by atoms with Crippen molar-refractivity contribution in [2.45, 2.75) is 13.3 Å². The molecule has 0 radical (unpaired) electrons. The zero-order valence-electron chi connectivity index (χ0n) is 12.8. The van der Waals surface area contributed by atoms with Crippen molar-refractivity contribution in [2.75, 3.05) is 0 Å². The molecule has 3 aromatic carbocycles. The molecule has 23 heavy (non-hydrogen) atoms. The van der Waals surface area contributed by atoms with Gasteiger partial charge in [0.15, 0.2) is 0 Å². The van der Waals surface area contributed by atoms with Crippen LogP contribution in [0.3, 0.4) is 0 Å². The van der Waals surface area contributed by atoms with Gasteiger partial charge in [-0.05, 0) is 47.8 Å². The molecule has 0 aliphatic heterocycles. The van der Waals surface area contributed by atoms with E-state index < -0.39 is 0 Å². The zero-order chi connectivity index (χ0) is 15.4. The zero-order valence-corrected chi connectivity index (χ0v) is 13.6. The van der Waals surface area contributed by atoms with E-state index in [2.05, 4.69) is 73.7 Å². The first-order valence-corrected chi connectivity index (χ1v) is 8.66. The molecule has 0 N–H and O–H groups in total. The van der Waals surface area contributed by atoms with E-state index in [1.54, 1.807) is 0 Å². The predicted octanol–water partition coefficient (Wildman–Crippen LogP) is 6.14. The summed E-state index contributed by atoms with van der Waals surface area (Å²) < 4.78 is 2.63. The van der Waals surface area contributed by atoms with E-state index in [4.69, 9.17) is 0 Å². The maximum Gasteiger partial charge on any atom is 0.0508 e. The highest BCUT2D eigenvalue weighted by Gasteiger charge is 2.19. The summed E-state index contributed by atoms with van der Waals surface area (Å²) >= 11 is 1.85. The van der Waals surface area contributed by atoms with Gasteiger partial charge in [0.25, 0.3) is 0 Å². The maximum atomic E-state index is 3.42. The van der Waals surface area contributed by atoms with Crippen molar-refractivity contribution in [3.8, 4) is 0 Å². The normalized spacial score (nSPS) is 13.6. The Labute approximate surface area is 139 Å². The molecule has 1 aromatic heterocycles. The minimum atomic E-state index is 1.00. The molecule has 0 bridgehead atoms. The lowest BCUT2D eigenvalue weighted by Crippen LogP contribution is -1.84. The van der Waals surface area contributed by atoms with E-state index in [1.807, 2.05) is 11.3 Å². The standard InChI is InChI=1S/C22H14S/c1-14-17-7-3-2-6-15(17)12-20(14)16-10-11-19-18-8-4-5-9-21(18)23-22(19)13-16/h2-9,13H,12H2,1H3. The van der Waals surface area contributed by atoms with Crippen LogP contribution in [0.15, 0.2) is 54.6 Å². The molecule has 1 aliphatic carbocycles. The molecule has 1 aliphatic rings. The van der Waals surface area contributed by atoms with Gasteiger partial charge in [-0.2, -0.15) is 0 Å². The number of hydrogen-bond acceptors (Lipinski definition) is 1. The van der Waals surface area contributed by atoms with Crippen LogP contribution in [0.25, 0.3) is 31.3 Å². The van der Waals surface area contributed by atoms with E-state index in [0.717, 1.165) is 6.42 Å². The average Bonchev–Trinajstić information content (AvgIpc) is 3.12. The minimum Gasteiger partial charge on any atom is -0.134 e. The topological polar surface area (TPSA) is 0 Å². The monoisotopic (exact) mass is 310 g/mol. The second-order valence-corrected chi connectivity index (χ2v) is 7.17. The van der Waals surface area contributed by atoms with Gasteiger partial charge in [0, 0.05) is 20.3 Å². The average molecular weight is 310 g/mol. The van der Waals surface area contributed by atoms with Gasteiger partial charge in [0.05, 0.1) is 5.39 Å². The van der Waals surface area contributed by atoms with Crippen LogP contribution >= 0.6 is 11.3 Å². The molecule has 0 amide bonds. The Morgan fingerprint density at radius 3 is 2.65 bits per heavy atom. The van der Waals surface area contributed by atoms with E-state index in [1.165, 1.54) is 48.0 Å². The lowest BCUT2D eigenvalue weighted by molar-refractivity contribution is 1.32. The van der Waals surface area contributed by atoms with Gasteiger partial charge < -0.3 is 0 Å². The van der Waals surface area contributed by atoms with Crippen LogP contribution in [0.5, 0.6) is 0 Å². The fraction of sp³-hybridized carbons (Fsp3) is 0.0909. The van der Waals surface area contributed by atoms with E-state index in [-0.39, 0.29) is 0 Å². The van der Waals surface area contributed by atoms with E-state index in [9.17, 15) is 0 Å². The molecule has 0 nitrogen and oxygen atoms in total. The Bertz CT molecular complexity index is 1100. The molecule has 0 atom stereocenters. The summed E-state index contributed by atoms with van der Waals surface area (Å²) in [7, 11) is 0. The number of benzene rings is 2. The Hall–Kier alpha value is -2.56. The van der Waals surface area contributed by atoms with Crippen LogP contribution in [-0.2, 0) is 6.42 Å².